The normalized spacial score (nSPS) is 20.2. The van der Waals surface area contributed by atoms with Crippen LogP contribution in [0, 0.1) is 0 Å². The van der Waals surface area contributed by atoms with Crippen molar-refractivity contribution in [1.82, 2.24) is 10.2 Å². The molecule has 1 aromatic carbocycles. The van der Waals surface area contributed by atoms with E-state index in [9.17, 15) is 4.79 Å². The van der Waals surface area contributed by atoms with E-state index in [-0.39, 0.29) is 24.7 Å². The first-order valence-corrected chi connectivity index (χ1v) is 8.45. The molecule has 1 aliphatic heterocycles. The van der Waals surface area contributed by atoms with Crippen molar-refractivity contribution in [2.24, 2.45) is 0 Å². The molecule has 0 aliphatic carbocycles. The van der Waals surface area contributed by atoms with Gasteiger partial charge in [0.25, 0.3) is 0 Å². The standard InChI is InChI=1S/C18H28N2O3/c1-15(6-5-10-21)19-18(22)12-17-14-20(9-11-23-17)13-16-7-3-2-4-8-16/h2-4,7-8,15,17,21H,5-6,9-14H2,1H3,(H,19,22). The molecule has 0 spiro atoms. The lowest BCUT2D eigenvalue weighted by molar-refractivity contribution is -0.126. The van der Waals surface area contributed by atoms with Gasteiger partial charge in [0.15, 0.2) is 0 Å². The van der Waals surface area contributed by atoms with Crippen LogP contribution in [-0.4, -0.2) is 54.4 Å². The number of hydrogen-bond donors (Lipinski definition) is 2. The van der Waals surface area contributed by atoms with Gasteiger partial charge in [0.1, 0.15) is 0 Å². The number of hydrogen-bond acceptors (Lipinski definition) is 4. The van der Waals surface area contributed by atoms with E-state index in [1.165, 1.54) is 5.56 Å². The minimum Gasteiger partial charge on any atom is -0.396 e. The second kappa shape index (κ2) is 9.65. The summed E-state index contributed by atoms with van der Waals surface area (Å²) in [6, 6.07) is 10.5. The van der Waals surface area contributed by atoms with E-state index >= 15 is 0 Å². The van der Waals surface area contributed by atoms with Crippen molar-refractivity contribution in [1.29, 1.82) is 0 Å². The van der Waals surface area contributed by atoms with Crippen LogP contribution in [0.4, 0.5) is 0 Å². The molecule has 1 fully saturated rings. The molecule has 0 bridgehead atoms. The SMILES string of the molecule is CC(CCCO)NC(=O)CC1CN(Cc2ccccc2)CCO1. The molecule has 1 aliphatic rings. The van der Waals surface area contributed by atoms with Gasteiger partial charge in [-0.05, 0) is 25.3 Å². The van der Waals surface area contributed by atoms with E-state index in [0.29, 0.717) is 19.4 Å². The van der Waals surface area contributed by atoms with Crippen LogP contribution in [0.1, 0.15) is 31.7 Å². The third kappa shape index (κ3) is 6.69. The topological polar surface area (TPSA) is 61.8 Å². The highest BCUT2D eigenvalue weighted by atomic mass is 16.5. The molecule has 0 saturated carbocycles. The van der Waals surface area contributed by atoms with Crippen molar-refractivity contribution < 1.29 is 14.6 Å². The van der Waals surface area contributed by atoms with Crippen LogP contribution in [0.3, 0.4) is 0 Å². The van der Waals surface area contributed by atoms with Crippen LogP contribution >= 0.6 is 0 Å². The van der Waals surface area contributed by atoms with Gasteiger partial charge in [0.05, 0.1) is 19.1 Å². The summed E-state index contributed by atoms with van der Waals surface area (Å²) in [4.78, 5) is 14.4. The van der Waals surface area contributed by atoms with Crippen LogP contribution in [0.5, 0.6) is 0 Å². The van der Waals surface area contributed by atoms with Crippen LogP contribution in [0.25, 0.3) is 0 Å². The van der Waals surface area contributed by atoms with Gasteiger partial charge < -0.3 is 15.2 Å². The lowest BCUT2D eigenvalue weighted by Crippen LogP contribution is -2.44. The molecular weight excluding hydrogens is 292 g/mol. The van der Waals surface area contributed by atoms with E-state index in [2.05, 4.69) is 34.5 Å². The number of nitrogens with zero attached hydrogens (tertiary/aromatic N) is 1. The summed E-state index contributed by atoms with van der Waals surface area (Å²) in [6.45, 7) is 5.39. The highest BCUT2D eigenvalue weighted by Crippen LogP contribution is 2.12. The molecule has 2 atom stereocenters. The second-order valence-electron chi connectivity index (χ2n) is 6.25. The van der Waals surface area contributed by atoms with Crippen LogP contribution in [0.15, 0.2) is 30.3 Å². The molecule has 5 nitrogen and oxygen atoms in total. The summed E-state index contributed by atoms with van der Waals surface area (Å²) in [5.41, 5.74) is 1.29. The van der Waals surface area contributed by atoms with Crippen LogP contribution < -0.4 is 5.32 Å². The fraction of sp³-hybridized carbons (Fsp3) is 0.611. The largest absolute Gasteiger partial charge is 0.396 e. The zero-order valence-electron chi connectivity index (χ0n) is 13.9. The Morgan fingerprint density at radius 3 is 2.96 bits per heavy atom. The summed E-state index contributed by atoms with van der Waals surface area (Å²) in [5, 5.41) is 11.8. The molecule has 1 saturated heterocycles. The van der Waals surface area contributed by atoms with Gasteiger partial charge in [0, 0.05) is 32.3 Å². The zero-order chi connectivity index (χ0) is 16.5. The average Bonchev–Trinajstić information content (AvgIpc) is 2.54. The molecule has 2 unspecified atom stereocenters. The van der Waals surface area contributed by atoms with Gasteiger partial charge in [-0.2, -0.15) is 0 Å². The fourth-order valence-corrected chi connectivity index (χ4v) is 2.90. The van der Waals surface area contributed by atoms with Gasteiger partial charge in [-0.25, -0.2) is 0 Å². The highest BCUT2D eigenvalue weighted by Gasteiger charge is 2.23. The predicted molar refractivity (Wildman–Crippen MR) is 90.0 cm³/mol. The molecule has 2 rings (SSSR count). The molecule has 128 valence electrons. The maximum absolute atomic E-state index is 12.1. The molecule has 1 amide bonds. The Morgan fingerprint density at radius 1 is 1.43 bits per heavy atom. The van der Waals surface area contributed by atoms with E-state index < -0.39 is 0 Å². The summed E-state index contributed by atoms with van der Waals surface area (Å²) in [5.74, 6) is 0.0296. The van der Waals surface area contributed by atoms with E-state index in [4.69, 9.17) is 9.84 Å². The Labute approximate surface area is 138 Å². The first-order chi connectivity index (χ1) is 11.2. The Morgan fingerprint density at radius 2 is 2.22 bits per heavy atom. The average molecular weight is 320 g/mol. The van der Waals surface area contributed by atoms with E-state index in [1.807, 2.05) is 13.0 Å². The third-order valence-electron chi connectivity index (χ3n) is 4.09. The maximum atomic E-state index is 12.1. The lowest BCUT2D eigenvalue weighted by atomic mass is 10.1. The smallest absolute Gasteiger partial charge is 0.222 e. The Kier molecular flexibility index (Phi) is 7.52. The van der Waals surface area contributed by atoms with Crippen molar-refractivity contribution >= 4 is 5.91 Å². The summed E-state index contributed by atoms with van der Waals surface area (Å²) in [6.07, 6.45) is 1.87. The molecule has 0 radical (unpaired) electrons. The predicted octanol–water partition coefficient (Wildman–Crippen LogP) is 1.55. The summed E-state index contributed by atoms with van der Waals surface area (Å²) >= 11 is 0. The van der Waals surface area contributed by atoms with Crippen LogP contribution in [-0.2, 0) is 16.1 Å². The third-order valence-corrected chi connectivity index (χ3v) is 4.09. The number of rotatable bonds is 8. The number of ether oxygens (including phenoxy) is 1. The number of nitrogens with one attached hydrogen (secondary N) is 1. The lowest BCUT2D eigenvalue weighted by Gasteiger charge is -2.32. The first-order valence-electron chi connectivity index (χ1n) is 8.45. The van der Waals surface area contributed by atoms with E-state index in [1.54, 1.807) is 0 Å². The number of morpholine rings is 1. The molecule has 0 aromatic heterocycles. The molecule has 1 heterocycles. The number of carbonyl (C=O) groups excluding carboxylic acids is 1. The number of amides is 1. The Hall–Kier alpha value is -1.43. The Balaban J connectivity index is 1.74. The zero-order valence-corrected chi connectivity index (χ0v) is 13.9. The van der Waals surface area contributed by atoms with Crippen molar-refractivity contribution in [3.05, 3.63) is 35.9 Å². The molecule has 1 aromatic rings. The van der Waals surface area contributed by atoms with Gasteiger partial charge in [-0.3, -0.25) is 9.69 Å². The van der Waals surface area contributed by atoms with Crippen molar-refractivity contribution in [2.75, 3.05) is 26.3 Å². The fourth-order valence-electron chi connectivity index (χ4n) is 2.90. The molecular formula is C18H28N2O3. The van der Waals surface area contributed by atoms with Gasteiger partial charge in [-0.15, -0.1) is 0 Å². The van der Waals surface area contributed by atoms with Gasteiger partial charge in [-0.1, -0.05) is 30.3 Å². The minimum absolute atomic E-state index is 0.0296. The summed E-state index contributed by atoms with van der Waals surface area (Å²) in [7, 11) is 0. The second-order valence-corrected chi connectivity index (χ2v) is 6.25. The van der Waals surface area contributed by atoms with Gasteiger partial charge in [0.2, 0.25) is 5.91 Å². The minimum atomic E-state index is -0.0440. The van der Waals surface area contributed by atoms with Crippen LogP contribution in [0.2, 0.25) is 0 Å². The summed E-state index contributed by atoms with van der Waals surface area (Å²) < 4.78 is 5.74. The molecule has 23 heavy (non-hydrogen) atoms. The number of benzene rings is 1. The van der Waals surface area contributed by atoms with Crippen molar-refractivity contribution in [2.45, 2.75) is 44.9 Å². The highest BCUT2D eigenvalue weighted by molar-refractivity contribution is 5.76. The number of carbonyl (C=O) groups is 1. The van der Waals surface area contributed by atoms with Gasteiger partial charge >= 0.3 is 0 Å². The first kappa shape index (κ1) is 17.9. The van der Waals surface area contributed by atoms with E-state index in [0.717, 1.165) is 26.1 Å². The Bertz CT molecular complexity index is 467. The number of aliphatic hydroxyl groups excluding tert-OH is 1. The van der Waals surface area contributed by atoms with Crippen molar-refractivity contribution in [3.8, 4) is 0 Å². The quantitative estimate of drug-likeness (QED) is 0.763. The maximum Gasteiger partial charge on any atom is 0.222 e. The number of aliphatic hydroxyl groups is 1. The molecule has 2 N–H and O–H groups in total. The molecule has 5 heteroatoms. The van der Waals surface area contributed by atoms with Crippen molar-refractivity contribution in [3.63, 3.8) is 0 Å². The monoisotopic (exact) mass is 320 g/mol.